The monoisotopic (exact) mass is 366 g/mol. The van der Waals surface area contributed by atoms with Gasteiger partial charge in [-0.05, 0) is 24.3 Å². The first-order valence-electron chi connectivity index (χ1n) is 8.26. The van der Waals surface area contributed by atoms with Gasteiger partial charge in [0.15, 0.2) is 0 Å². The van der Waals surface area contributed by atoms with Gasteiger partial charge in [-0.2, -0.15) is 9.90 Å². The number of nitrogens with one attached hydrogen (secondary N) is 1. The molecule has 27 heavy (non-hydrogen) atoms. The molecule has 2 aromatic carbocycles. The lowest BCUT2D eigenvalue weighted by atomic mass is 10.2. The summed E-state index contributed by atoms with van der Waals surface area (Å²) in [7, 11) is 0. The predicted molar refractivity (Wildman–Crippen MR) is 98.3 cm³/mol. The fourth-order valence-corrected chi connectivity index (χ4v) is 2.24. The Morgan fingerprint density at radius 3 is 2.85 bits per heavy atom. The summed E-state index contributed by atoms with van der Waals surface area (Å²) in [6, 6.07) is 14.2. The van der Waals surface area contributed by atoms with Gasteiger partial charge in [0.2, 0.25) is 5.82 Å². The molecule has 0 aliphatic carbocycles. The van der Waals surface area contributed by atoms with Crippen LogP contribution in [0, 0.1) is 0 Å². The smallest absolute Gasteiger partial charge is 0.263 e. The fraction of sp³-hybridized carbons (Fsp3) is 0.167. The molecule has 1 amide bonds. The van der Waals surface area contributed by atoms with E-state index < -0.39 is 5.91 Å². The molecule has 9 nitrogen and oxygen atoms in total. The van der Waals surface area contributed by atoms with E-state index in [1.54, 1.807) is 12.1 Å². The Balaban J connectivity index is 1.56. The number of hydrazone groups is 1. The van der Waals surface area contributed by atoms with Crippen molar-refractivity contribution in [3.8, 4) is 22.9 Å². The molecule has 3 rings (SSSR count). The van der Waals surface area contributed by atoms with Crippen LogP contribution in [0.25, 0.3) is 11.4 Å². The molecule has 0 saturated heterocycles. The highest BCUT2D eigenvalue weighted by atomic mass is 16.5. The van der Waals surface area contributed by atoms with E-state index >= 15 is 0 Å². The molecule has 0 fully saturated rings. The van der Waals surface area contributed by atoms with Crippen molar-refractivity contribution in [2.45, 2.75) is 13.5 Å². The quantitative estimate of drug-likeness (QED) is 0.485. The number of hydrogen-bond donors (Lipinski definition) is 2. The third-order valence-electron chi connectivity index (χ3n) is 3.48. The predicted octanol–water partition coefficient (Wildman–Crippen LogP) is 1.59. The lowest BCUT2D eigenvalue weighted by Crippen LogP contribution is -2.24. The van der Waals surface area contributed by atoms with Gasteiger partial charge in [0, 0.05) is 17.2 Å². The molecule has 138 valence electrons. The minimum atomic E-state index is -0.423. The van der Waals surface area contributed by atoms with E-state index in [4.69, 9.17) is 4.74 Å². The van der Waals surface area contributed by atoms with E-state index in [-0.39, 0.29) is 12.3 Å². The molecule has 9 heteroatoms. The summed E-state index contributed by atoms with van der Waals surface area (Å²) in [5, 5.41) is 25.7. The van der Waals surface area contributed by atoms with Crippen LogP contribution < -0.4 is 10.2 Å². The largest absolute Gasteiger partial charge is 0.507 e. The van der Waals surface area contributed by atoms with Crippen LogP contribution in [0.15, 0.2) is 53.6 Å². The van der Waals surface area contributed by atoms with Crippen molar-refractivity contribution < 1.29 is 14.6 Å². The Morgan fingerprint density at radius 1 is 1.30 bits per heavy atom. The summed E-state index contributed by atoms with van der Waals surface area (Å²) in [5.41, 5.74) is 3.62. The number of benzene rings is 2. The number of rotatable bonds is 7. The molecule has 0 saturated carbocycles. The normalized spacial score (nSPS) is 10.9. The molecule has 2 N–H and O–H groups in total. The number of tetrazole rings is 1. The highest BCUT2D eigenvalue weighted by Gasteiger charge is 2.08. The second kappa shape index (κ2) is 8.56. The Bertz CT molecular complexity index is 939. The summed E-state index contributed by atoms with van der Waals surface area (Å²) in [6.07, 6.45) is 1.34. The van der Waals surface area contributed by atoms with Crippen molar-refractivity contribution in [2.24, 2.45) is 5.10 Å². The van der Waals surface area contributed by atoms with Gasteiger partial charge in [-0.1, -0.05) is 30.3 Å². The second-order valence-electron chi connectivity index (χ2n) is 5.46. The van der Waals surface area contributed by atoms with Crippen LogP contribution in [0.4, 0.5) is 0 Å². The fourth-order valence-electron chi connectivity index (χ4n) is 2.24. The van der Waals surface area contributed by atoms with Crippen LogP contribution in [0.5, 0.6) is 11.5 Å². The maximum absolute atomic E-state index is 11.9. The molecule has 0 aliphatic heterocycles. The number of aromatic nitrogens is 4. The van der Waals surface area contributed by atoms with Gasteiger partial charge in [-0.3, -0.25) is 4.79 Å². The Morgan fingerprint density at radius 2 is 2.11 bits per heavy atom. The molecular weight excluding hydrogens is 348 g/mol. The number of phenols is 1. The SMILES string of the molecule is CCOc1ccc(/C=N/NC(=O)Cn2nnc(-c3ccccc3)n2)c(O)c1. The third kappa shape index (κ3) is 4.88. The molecule has 3 aromatic rings. The first-order chi connectivity index (χ1) is 13.2. The third-order valence-corrected chi connectivity index (χ3v) is 3.48. The van der Waals surface area contributed by atoms with Crippen molar-refractivity contribution in [1.29, 1.82) is 0 Å². The molecule has 0 radical (unpaired) electrons. The summed E-state index contributed by atoms with van der Waals surface area (Å²) in [4.78, 5) is 13.1. The van der Waals surface area contributed by atoms with Crippen LogP contribution in [0.3, 0.4) is 0 Å². The summed E-state index contributed by atoms with van der Waals surface area (Å²) in [5.74, 6) is 0.576. The molecule has 0 atom stereocenters. The Kier molecular flexibility index (Phi) is 5.73. The number of carbonyl (C=O) groups excluding carboxylic acids is 1. The molecule has 0 bridgehead atoms. The lowest BCUT2D eigenvalue weighted by molar-refractivity contribution is -0.122. The van der Waals surface area contributed by atoms with Crippen molar-refractivity contribution in [3.05, 3.63) is 54.1 Å². The molecule has 1 aromatic heterocycles. The topological polar surface area (TPSA) is 115 Å². The van der Waals surface area contributed by atoms with E-state index in [2.05, 4.69) is 25.9 Å². The van der Waals surface area contributed by atoms with Gasteiger partial charge in [-0.15, -0.1) is 10.2 Å². The van der Waals surface area contributed by atoms with Crippen molar-refractivity contribution in [3.63, 3.8) is 0 Å². The zero-order chi connectivity index (χ0) is 19.1. The Hall–Kier alpha value is -3.75. The molecule has 1 heterocycles. The van der Waals surface area contributed by atoms with Gasteiger partial charge in [0.25, 0.3) is 5.91 Å². The minimum absolute atomic E-state index is 0.00407. The molecule has 0 aliphatic rings. The van der Waals surface area contributed by atoms with Crippen molar-refractivity contribution in [1.82, 2.24) is 25.6 Å². The standard InChI is InChI=1S/C18H18N6O3/c1-2-27-15-9-8-14(16(25)10-15)11-19-20-17(26)12-24-22-18(21-23-24)13-6-4-3-5-7-13/h3-11,25H,2,12H2,1H3,(H,20,26)/b19-11+. The van der Waals surface area contributed by atoms with Gasteiger partial charge >= 0.3 is 0 Å². The highest BCUT2D eigenvalue weighted by Crippen LogP contribution is 2.22. The average Bonchev–Trinajstić information content (AvgIpc) is 3.13. The summed E-state index contributed by atoms with van der Waals surface area (Å²) >= 11 is 0. The van der Waals surface area contributed by atoms with Crippen LogP contribution in [0.2, 0.25) is 0 Å². The first-order valence-corrected chi connectivity index (χ1v) is 8.26. The second-order valence-corrected chi connectivity index (χ2v) is 5.46. The minimum Gasteiger partial charge on any atom is -0.507 e. The van der Waals surface area contributed by atoms with E-state index in [0.717, 1.165) is 5.56 Å². The number of nitrogens with zero attached hydrogens (tertiary/aromatic N) is 5. The van der Waals surface area contributed by atoms with Gasteiger partial charge in [0.1, 0.15) is 18.0 Å². The van der Waals surface area contributed by atoms with E-state index in [1.165, 1.54) is 17.1 Å². The van der Waals surface area contributed by atoms with E-state index in [1.807, 2.05) is 37.3 Å². The van der Waals surface area contributed by atoms with Gasteiger partial charge in [-0.25, -0.2) is 5.43 Å². The lowest BCUT2D eigenvalue weighted by Gasteiger charge is -2.05. The van der Waals surface area contributed by atoms with Gasteiger partial charge in [0.05, 0.1) is 12.8 Å². The van der Waals surface area contributed by atoms with Gasteiger partial charge < -0.3 is 9.84 Å². The molecule has 0 spiro atoms. The maximum Gasteiger partial charge on any atom is 0.263 e. The van der Waals surface area contributed by atoms with Crippen LogP contribution >= 0.6 is 0 Å². The van der Waals surface area contributed by atoms with Crippen LogP contribution in [-0.2, 0) is 11.3 Å². The molecular formula is C18H18N6O3. The zero-order valence-corrected chi connectivity index (χ0v) is 14.6. The van der Waals surface area contributed by atoms with Crippen LogP contribution in [0.1, 0.15) is 12.5 Å². The number of aromatic hydroxyl groups is 1. The van der Waals surface area contributed by atoms with E-state index in [0.29, 0.717) is 23.7 Å². The van der Waals surface area contributed by atoms with E-state index in [9.17, 15) is 9.90 Å². The summed E-state index contributed by atoms with van der Waals surface area (Å²) in [6.45, 7) is 2.23. The maximum atomic E-state index is 11.9. The first kappa shape index (κ1) is 18.1. The summed E-state index contributed by atoms with van der Waals surface area (Å²) < 4.78 is 5.29. The number of carbonyl (C=O) groups is 1. The van der Waals surface area contributed by atoms with Crippen molar-refractivity contribution >= 4 is 12.1 Å². The highest BCUT2D eigenvalue weighted by molar-refractivity contribution is 5.85. The number of amides is 1. The van der Waals surface area contributed by atoms with Crippen LogP contribution in [-0.4, -0.2) is 44.0 Å². The number of hydrogen-bond acceptors (Lipinski definition) is 7. The molecule has 0 unspecified atom stereocenters. The number of phenolic OH excluding ortho intramolecular Hbond substituents is 1. The zero-order valence-electron chi connectivity index (χ0n) is 14.6. The van der Waals surface area contributed by atoms with Crippen molar-refractivity contribution in [2.75, 3.05) is 6.61 Å². The Labute approximate surface area is 155 Å². The average molecular weight is 366 g/mol. The number of ether oxygens (including phenoxy) is 1.